The Balaban J connectivity index is 3.04. The van der Waals surface area contributed by atoms with Gasteiger partial charge in [-0.2, -0.15) is 0 Å². The van der Waals surface area contributed by atoms with Crippen LogP contribution in [-0.4, -0.2) is 42.5 Å². The quantitative estimate of drug-likeness (QED) is 0.594. The lowest BCUT2D eigenvalue weighted by Gasteiger charge is -2.20. The molecule has 0 aliphatic heterocycles. The maximum absolute atomic E-state index is 12.2. The number of carbonyl (C=O) groups is 1. The number of nitro benzene ring substituents is 1. The van der Waals surface area contributed by atoms with Crippen LogP contribution in [0.5, 0.6) is 0 Å². The van der Waals surface area contributed by atoms with Crippen molar-refractivity contribution in [2.75, 3.05) is 26.8 Å². The second-order valence-corrected chi connectivity index (χ2v) is 4.15. The number of amides is 1. The molecule has 0 spiro atoms. The number of hydrogen-bond donors (Lipinski definition) is 0. The summed E-state index contributed by atoms with van der Waals surface area (Å²) in [6.45, 7) is 3.09. The molecule has 1 aromatic carbocycles. The Bertz CT molecular complexity index is 479. The van der Waals surface area contributed by atoms with Gasteiger partial charge in [-0.3, -0.25) is 14.9 Å². The van der Waals surface area contributed by atoms with E-state index in [2.05, 4.69) is 0 Å². The summed E-state index contributed by atoms with van der Waals surface area (Å²) in [5.74, 6) is -0.340. The maximum Gasteiger partial charge on any atom is 0.288 e. The molecule has 1 rings (SSSR count). The number of benzene rings is 1. The molecule has 0 aromatic heterocycles. The average molecular weight is 287 g/mol. The van der Waals surface area contributed by atoms with Crippen LogP contribution in [0.2, 0.25) is 5.02 Å². The predicted octanol–water partition coefficient (Wildman–Crippen LogP) is 2.36. The first-order valence-electron chi connectivity index (χ1n) is 5.74. The second-order valence-electron chi connectivity index (χ2n) is 3.77. The van der Waals surface area contributed by atoms with Gasteiger partial charge in [-0.15, -0.1) is 0 Å². The Morgan fingerprint density at radius 2 is 2.21 bits per heavy atom. The van der Waals surface area contributed by atoms with E-state index in [9.17, 15) is 14.9 Å². The normalized spacial score (nSPS) is 10.3. The van der Waals surface area contributed by atoms with Gasteiger partial charge in [0.15, 0.2) is 0 Å². The minimum absolute atomic E-state index is 0.131. The van der Waals surface area contributed by atoms with Gasteiger partial charge in [0.25, 0.3) is 11.6 Å². The lowest BCUT2D eigenvalue weighted by atomic mass is 10.1. The van der Waals surface area contributed by atoms with Gasteiger partial charge < -0.3 is 9.64 Å². The smallest absolute Gasteiger partial charge is 0.288 e. The Labute approximate surface area is 116 Å². The summed E-state index contributed by atoms with van der Waals surface area (Å²) in [5.41, 5.74) is -0.135. The minimum atomic E-state index is -0.607. The van der Waals surface area contributed by atoms with Crippen molar-refractivity contribution in [1.29, 1.82) is 0 Å². The van der Waals surface area contributed by atoms with Gasteiger partial charge in [0.05, 0.1) is 17.1 Å². The van der Waals surface area contributed by atoms with Crippen molar-refractivity contribution in [3.63, 3.8) is 0 Å². The second kappa shape index (κ2) is 7.06. The van der Waals surface area contributed by atoms with Crippen LogP contribution < -0.4 is 0 Å². The number of hydrogen-bond acceptors (Lipinski definition) is 4. The van der Waals surface area contributed by atoms with E-state index in [0.29, 0.717) is 19.7 Å². The monoisotopic (exact) mass is 286 g/mol. The molecule has 0 saturated carbocycles. The first-order chi connectivity index (χ1) is 9.02. The highest BCUT2D eigenvalue weighted by Crippen LogP contribution is 2.28. The third-order valence-corrected chi connectivity index (χ3v) is 3.04. The lowest BCUT2D eigenvalue weighted by Crippen LogP contribution is -2.33. The van der Waals surface area contributed by atoms with Crippen LogP contribution in [0.1, 0.15) is 17.3 Å². The first-order valence-corrected chi connectivity index (χ1v) is 6.11. The highest BCUT2D eigenvalue weighted by atomic mass is 35.5. The molecule has 0 heterocycles. The molecule has 7 heteroatoms. The summed E-state index contributed by atoms with van der Waals surface area (Å²) < 4.78 is 4.92. The van der Waals surface area contributed by atoms with E-state index in [1.807, 2.05) is 6.92 Å². The fourth-order valence-corrected chi connectivity index (χ4v) is 1.88. The standard InChI is InChI=1S/C12H15ClN2O4/c1-3-14(7-8-19-2)12(16)9-5-4-6-10(11(9)13)15(17)18/h4-6H,3,7-8H2,1-2H3. The van der Waals surface area contributed by atoms with Crippen molar-refractivity contribution in [2.45, 2.75) is 6.92 Å². The van der Waals surface area contributed by atoms with Crippen molar-refractivity contribution < 1.29 is 14.5 Å². The van der Waals surface area contributed by atoms with Gasteiger partial charge in [0.2, 0.25) is 0 Å². The van der Waals surface area contributed by atoms with E-state index in [4.69, 9.17) is 16.3 Å². The summed E-state index contributed by atoms with van der Waals surface area (Å²) >= 11 is 5.91. The summed E-state index contributed by atoms with van der Waals surface area (Å²) in [7, 11) is 1.54. The van der Waals surface area contributed by atoms with E-state index < -0.39 is 4.92 Å². The molecule has 0 N–H and O–H groups in total. The Morgan fingerprint density at radius 3 is 2.74 bits per heavy atom. The van der Waals surface area contributed by atoms with E-state index in [0.717, 1.165) is 0 Å². The van der Waals surface area contributed by atoms with Crippen molar-refractivity contribution in [2.24, 2.45) is 0 Å². The van der Waals surface area contributed by atoms with Gasteiger partial charge >= 0.3 is 0 Å². The molecule has 6 nitrogen and oxygen atoms in total. The zero-order chi connectivity index (χ0) is 14.4. The molecular formula is C12H15ClN2O4. The number of methoxy groups -OCH3 is 1. The summed E-state index contributed by atoms with van der Waals surface area (Å²) in [6.07, 6.45) is 0. The molecule has 104 valence electrons. The van der Waals surface area contributed by atoms with Crippen molar-refractivity contribution in [3.8, 4) is 0 Å². The van der Waals surface area contributed by atoms with Gasteiger partial charge in [-0.1, -0.05) is 17.7 Å². The van der Waals surface area contributed by atoms with Crippen LogP contribution in [0.3, 0.4) is 0 Å². The number of halogens is 1. The summed E-state index contributed by atoms with van der Waals surface area (Å²) in [4.78, 5) is 23.9. The number of rotatable bonds is 6. The van der Waals surface area contributed by atoms with Crippen molar-refractivity contribution >= 4 is 23.2 Å². The average Bonchev–Trinajstić information content (AvgIpc) is 2.39. The van der Waals surface area contributed by atoms with Crippen molar-refractivity contribution in [1.82, 2.24) is 4.90 Å². The molecule has 19 heavy (non-hydrogen) atoms. The number of ether oxygens (including phenoxy) is 1. The molecule has 0 unspecified atom stereocenters. The number of nitro groups is 1. The molecule has 0 fully saturated rings. The summed E-state index contributed by atoms with van der Waals surface area (Å²) in [6, 6.07) is 4.19. The first kappa shape index (κ1) is 15.4. The van der Waals surface area contributed by atoms with Crippen LogP contribution >= 0.6 is 11.6 Å². The summed E-state index contributed by atoms with van der Waals surface area (Å²) in [5, 5.41) is 10.7. The van der Waals surface area contributed by atoms with Gasteiger partial charge in [-0.25, -0.2) is 0 Å². The third-order valence-electron chi connectivity index (χ3n) is 2.64. The van der Waals surface area contributed by atoms with Crippen LogP contribution in [0, 0.1) is 10.1 Å². The molecule has 0 aliphatic carbocycles. The van der Waals surface area contributed by atoms with Crippen LogP contribution in [0.4, 0.5) is 5.69 Å². The van der Waals surface area contributed by atoms with Crippen LogP contribution in [0.25, 0.3) is 0 Å². The van der Waals surface area contributed by atoms with E-state index in [1.165, 1.54) is 23.1 Å². The molecule has 1 amide bonds. The van der Waals surface area contributed by atoms with Gasteiger partial charge in [0, 0.05) is 26.3 Å². The molecule has 0 aliphatic rings. The van der Waals surface area contributed by atoms with Crippen molar-refractivity contribution in [3.05, 3.63) is 38.9 Å². The van der Waals surface area contributed by atoms with E-state index in [-0.39, 0.29) is 22.2 Å². The highest BCUT2D eigenvalue weighted by Gasteiger charge is 2.22. The predicted molar refractivity (Wildman–Crippen MR) is 71.6 cm³/mol. The number of carbonyl (C=O) groups excluding carboxylic acids is 1. The minimum Gasteiger partial charge on any atom is -0.383 e. The van der Waals surface area contributed by atoms with Gasteiger partial charge in [-0.05, 0) is 13.0 Å². The molecule has 0 saturated heterocycles. The van der Waals surface area contributed by atoms with Gasteiger partial charge in [0.1, 0.15) is 5.02 Å². The van der Waals surface area contributed by atoms with E-state index in [1.54, 1.807) is 7.11 Å². The van der Waals surface area contributed by atoms with Crippen LogP contribution in [-0.2, 0) is 4.74 Å². The maximum atomic E-state index is 12.2. The number of likely N-dealkylation sites (N-methyl/N-ethyl adjacent to an activating group) is 1. The fraction of sp³-hybridized carbons (Fsp3) is 0.417. The lowest BCUT2D eigenvalue weighted by molar-refractivity contribution is -0.384. The molecule has 0 radical (unpaired) electrons. The Morgan fingerprint density at radius 1 is 1.53 bits per heavy atom. The topological polar surface area (TPSA) is 72.7 Å². The Hall–Kier alpha value is -1.66. The molecule has 1 aromatic rings. The van der Waals surface area contributed by atoms with E-state index >= 15 is 0 Å². The molecule has 0 atom stereocenters. The third kappa shape index (κ3) is 3.65. The zero-order valence-corrected chi connectivity index (χ0v) is 11.5. The number of nitrogens with zero attached hydrogens (tertiary/aromatic N) is 2. The molecular weight excluding hydrogens is 272 g/mol. The highest BCUT2D eigenvalue weighted by molar-refractivity contribution is 6.35. The zero-order valence-electron chi connectivity index (χ0n) is 10.8. The SMILES string of the molecule is CCN(CCOC)C(=O)c1cccc([N+](=O)[O-])c1Cl. The fourth-order valence-electron chi connectivity index (χ4n) is 1.60. The largest absolute Gasteiger partial charge is 0.383 e. The van der Waals surface area contributed by atoms with Crippen LogP contribution in [0.15, 0.2) is 18.2 Å². The molecule has 0 bridgehead atoms. The Kier molecular flexibility index (Phi) is 5.72.